The highest BCUT2D eigenvalue weighted by atomic mass is 16.5. The summed E-state index contributed by atoms with van der Waals surface area (Å²) in [5.74, 6) is -1.76. The van der Waals surface area contributed by atoms with Crippen LogP contribution in [0.3, 0.4) is 0 Å². The van der Waals surface area contributed by atoms with E-state index in [9.17, 15) is 19.5 Å². The lowest BCUT2D eigenvalue weighted by Crippen LogP contribution is -2.47. The maximum Gasteiger partial charge on any atom is 0.439 e. The molecule has 10 nitrogen and oxygen atoms in total. The number of fused-ring (bicyclic) bond motifs is 1. The normalized spacial score (nSPS) is 13.1. The number of carboxylic acid groups (broad SMARTS) is 1. The molecule has 32 heavy (non-hydrogen) atoms. The van der Waals surface area contributed by atoms with Crippen LogP contribution in [0.2, 0.25) is 0 Å². The molecule has 0 radical (unpaired) electrons. The van der Waals surface area contributed by atoms with E-state index < -0.39 is 11.7 Å². The molecule has 2 heterocycles. The van der Waals surface area contributed by atoms with Crippen LogP contribution in [0, 0.1) is 6.92 Å². The van der Waals surface area contributed by atoms with Crippen LogP contribution < -0.4 is 10.7 Å². The van der Waals surface area contributed by atoms with Crippen molar-refractivity contribution in [2.75, 3.05) is 25.0 Å². The summed E-state index contributed by atoms with van der Waals surface area (Å²) in [7, 11) is 1.69. The first-order chi connectivity index (χ1) is 15.3. The summed E-state index contributed by atoms with van der Waals surface area (Å²) in [6.07, 6.45) is 0. The van der Waals surface area contributed by atoms with E-state index in [2.05, 4.69) is 14.7 Å². The van der Waals surface area contributed by atoms with Crippen LogP contribution in [0.4, 0.5) is 5.69 Å². The number of aliphatic carboxylic acids is 1. The second kappa shape index (κ2) is 8.67. The van der Waals surface area contributed by atoms with E-state index >= 15 is 0 Å². The number of H-pyrrole nitrogens is 1. The highest BCUT2D eigenvalue weighted by Crippen LogP contribution is 2.27. The van der Waals surface area contributed by atoms with Gasteiger partial charge in [-0.3, -0.25) is 24.1 Å². The van der Waals surface area contributed by atoms with Gasteiger partial charge in [-0.05, 0) is 29.7 Å². The summed E-state index contributed by atoms with van der Waals surface area (Å²) in [5, 5.41) is 16.6. The van der Waals surface area contributed by atoms with Crippen molar-refractivity contribution in [3.05, 3.63) is 69.7 Å². The van der Waals surface area contributed by atoms with Gasteiger partial charge in [0.15, 0.2) is 5.82 Å². The lowest BCUT2D eigenvalue weighted by molar-refractivity contribution is -0.145. The van der Waals surface area contributed by atoms with Crippen molar-refractivity contribution in [1.82, 2.24) is 20.2 Å². The minimum atomic E-state index is -1.06. The number of anilines is 1. The van der Waals surface area contributed by atoms with E-state index in [0.29, 0.717) is 24.3 Å². The Morgan fingerprint density at radius 1 is 1.16 bits per heavy atom. The second-order valence-electron chi connectivity index (χ2n) is 7.70. The molecular weight excluding hydrogens is 414 g/mol. The molecule has 4 rings (SSSR count). The fourth-order valence-corrected chi connectivity index (χ4v) is 3.79. The van der Waals surface area contributed by atoms with Crippen molar-refractivity contribution in [2.45, 2.75) is 20.0 Å². The van der Waals surface area contributed by atoms with Crippen LogP contribution in [-0.4, -0.2) is 57.3 Å². The molecule has 2 aromatic carbocycles. The Kier molecular flexibility index (Phi) is 5.78. The van der Waals surface area contributed by atoms with Gasteiger partial charge >= 0.3 is 11.7 Å². The van der Waals surface area contributed by atoms with Crippen LogP contribution in [0.15, 0.2) is 51.8 Å². The number of hydrogen-bond acceptors (Lipinski definition) is 7. The summed E-state index contributed by atoms with van der Waals surface area (Å²) < 4.78 is 4.56. The van der Waals surface area contributed by atoms with E-state index in [1.807, 2.05) is 36.2 Å². The highest BCUT2D eigenvalue weighted by molar-refractivity contribution is 5.85. The lowest BCUT2D eigenvalue weighted by atomic mass is 10.1. The van der Waals surface area contributed by atoms with Crippen molar-refractivity contribution in [3.8, 4) is 11.4 Å². The number of amides is 1. The molecule has 0 aliphatic carbocycles. The molecule has 1 aliphatic heterocycles. The van der Waals surface area contributed by atoms with E-state index in [-0.39, 0.29) is 24.8 Å². The first kappa shape index (κ1) is 21.3. The van der Waals surface area contributed by atoms with Gasteiger partial charge in [0.1, 0.15) is 6.54 Å². The van der Waals surface area contributed by atoms with Crippen molar-refractivity contribution < 1.29 is 19.2 Å². The molecule has 3 aromatic rings. The predicted molar refractivity (Wildman–Crippen MR) is 116 cm³/mol. The number of nitrogens with zero attached hydrogens (tertiary/aromatic N) is 4. The maximum absolute atomic E-state index is 13.1. The molecule has 0 bridgehead atoms. The van der Waals surface area contributed by atoms with Gasteiger partial charge in [-0.25, -0.2) is 9.80 Å². The number of carboxylic acids is 1. The number of aromatic amines is 1. The topological polar surface area (TPSA) is 123 Å². The molecular formula is C22H23N5O5. The van der Waals surface area contributed by atoms with Crippen LogP contribution >= 0.6 is 0 Å². The van der Waals surface area contributed by atoms with Gasteiger partial charge in [-0.1, -0.05) is 41.6 Å². The largest absolute Gasteiger partial charge is 0.480 e. The summed E-state index contributed by atoms with van der Waals surface area (Å²) >= 11 is 0. The molecule has 166 valence electrons. The first-order valence-corrected chi connectivity index (χ1v) is 10.0. The van der Waals surface area contributed by atoms with E-state index in [0.717, 1.165) is 5.56 Å². The number of rotatable bonds is 7. The molecule has 1 aliphatic rings. The summed E-state index contributed by atoms with van der Waals surface area (Å²) in [6.45, 7) is 2.57. The van der Waals surface area contributed by atoms with E-state index in [4.69, 9.17) is 0 Å². The van der Waals surface area contributed by atoms with Crippen molar-refractivity contribution in [3.63, 3.8) is 0 Å². The number of nitrogens with one attached hydrogen (secondary N) is 1. The first-order valence-electron chi connectivity index (χ1n) is 10.0. The molecule has 0 saturated carbocycles. The average Bonchev–Trinajstić information content (AvgIpc) is 3.39. The Morgan fingerprint density at radius 2 is 1.84 bits per heavy atom. The van der Waals surface area contributed by atoms with Gasteiger partial charge in [0.05, 0.1) is 6.54 Å². The fourth-order valence-electron chi connectivity index (χ4n) is 3.79. The minimum Gasteiger partial charge on any atom is -0.480 e. The van der Waals surface area contributed by atoms with Crippen LogP contribution in [0.1, 0.15) is 16.7 Å². The van der Waals surface area contributed by atoms with Crippen LogP contribution in [-0.2, 0) is 22.7 Å². The lowest BCUT2D eigenvalue weighted by Gasteiger charge is -2.31. The van der Waals surface area contributed by atoms with E-state index in [1.165, 1.54) is 16.0 Å². The quantitative estimate of drug-likeness (QED) is 0.572. The van der Waals surface area contributed by atoms with Crippen molar-refractivity contribution in [2.24, 2.45) is 0 Å². The zero-order chi connectivity index (χ0) is 22.8. The zero-order valence-electron chi connectivity index (χ0n) is 17.7. The second-order valence-corrected chi connectivity index (χ2v) is 7.70. The fraction of sp³-hybridized carbons (Fsp3) is 0.273. The molecule has 0 fully saturated rings. The Hall–Kier alpha value is -3.92. The van der Waals surface area contributed by atoms with Gasteiger partial charge < -0.3 is 10.0 Å². The molecule has 10 heteroatoms. The number of aromatic nitrogens is 2. The standard InChI is InChI=1S/C22H23N5O5/c1-14-7-8-15(21-23-22(31)32-24-21)9-18(14)26(13-20(29)30)12-19(28)25(2)27-10-16-5-3-4-6-17(16)11-27/h3-9H,10-13H2,1-2H3,(H,29,30)(H,23,24,31). The Morgan fingerprint density at radius 3 is 2.44 bits per heavy atom. The zero-order valence-corrected chi connectivity index (χ0v) is 17.7. The van der Waals surface area contributed by atoms with Crippen LogP contribution in [0.25, 0.3) is 11.4 Å². The number of aryl methyl sites for hydroxylation is 1. The molecule has 1 amide bonds. The smallest absolute Gasteiger partial charge is 0.439 e. The third kappa shape index (κ3) is 4.40. The van der Waals surface area contributed by atoms with E-state index in [1.54, 1.807) is 30.3 Å². The number of carbonyl (C=O) groups is 2. The third-order valence-corrected chi connectivity index (χ3v) is 5.53. The molecule has 0 spiro atoms. The number of hydrazine groups is 1. The number of carbonyl (C=O) groups excluding carboxylic acids is 1. The van der Waals surface area contributed by atoms with Crippen molar-refractivity contribution >= 4 is 17.6 Å². The molecule has 1 aromatic heterocycles. The monoisotopic (exact) mass is 437 g/mol. The molecule has 0 unspecified atom stereocenters. The van der Waals surface area contributed by atoms with Gasteiger partial charge in [0.2, 0.25) is 0 Å². The molecule has 0 atom stereocenters. The summed E-state index contributed by atoms with van der Waals surface area (Å²) in [4.78, 5) is 39.9. The predicted octanol–water partition coefficient (Wildman–Crippen LogP) is 1.62. The van der Waals surface area contributed by atoms with Gasteiger partial charge in [0.25, 0.3) is 5.91 Å². The van der Waals surface area contributed by atoms with Crippen molar-refractivity contribution in [1.29, 1.82) is 0 Å². The minimum absolute atomic E-state index is 0.130. The van der Waals surface area contributed by atoms with Gasteiger partial charge in [-0.15, -0.1) is 0 Å². The Balaban J connectivity index is 1.56. The highest BCUT2D eigenvalue weighted by Gasteiger charge is 2.27. The van der Waals surface area contributed by atoms with Gasteiger partial charge in [-0.2, -0.15) is 0 Å². The molecule has 2 N–H and O–H groups in total. The number of benzene rings is 2. The summed E-state index contributed by atoms with van der Waals surface area (Å²) in [6, 6.07) is 13.2. The Bertz CT molecular complexity index is 1190. The Labute approximate surface area is 183 Å². The summed E-state index contributed by atoms with van der Waals surface area (Å²) in [5.41, 5.74) is 4.21. The molecule has 0 saturated heterocycles. The maximum atomic E-state index is 13.1. The SMILES string of the molecule is Cc1ccc(-c2noc(=O)[nH]2)cc1N(CC(=O)O)CC(=O)N(C)N1Cc2ccccc2C1. The average molecular weight is 437 g/mol. The van der Waals surface area contributed by atoms with Crippen LogP contribution in [0.5, 0.6) is 0 Å². The number of hydrogen-bond donors (Lipinski definition) is 2. The van der Waals surface area contributed by atoms with Gasteiger partial charge in [0, 0.05) is 31.4 Å². The number of likely N-dealkylation sites (N-methyl/N-ethyl adjacent to an activating group) is 1. The third-order valence-electron chi connectivity index (χ3n) is 5.53.